The maximum atomic E-state index is 12.2. The summed E-state index contributed by atoms with van der Waals surface area (Å²) >= 11 is 12.8. The number of nitrogens with zero attached hydrogens (tertiary/aromatic N) is 1. The van der Waals surface area contributed by atoms with Crippen molar-refractivity contribution >= 4 is 40.5 Å². The van der Waals surface area contributed by atoms with Crippen molar-refractivity contribution in [3.05, 3.63) is 45.7 Å². The van der Waals surface area contributed by atoms with Crippen LogP contribution in [0.2, 0.25) is 5.02 Å². The Morgan fingerprint density at radius 1 is 1.26 bits per heavy atom. The molecule has 23 heavy (non-hydrogen) atoms. The number of rotatable bonds is 8. The van der Waals surface area contributed by atoms with Gasteiger partial charge in [-0.15, -0.1) is 0 Å². The largest absolute Gasteiger partial charge is 0.373 e. The Balaban J connectivity index is 2.22. The smallest absolute Gasteiger partial charge is 0.302 e. The van der Waals surface area contributed by atoms with Crippen molar-refractivity contribution in [3.63, 3.8) is 0 Å². The fourth-order valence-electron chi connectivity index (χ4n) is 1.80. The summed E-state index contributed by atoms with van der Waals surface area (Å²) < 4.78 is 17.8. The van der Waals surface area contributed by atoms with Crippen LogP contribution < -0.4 is 5.56 Å². The molecule has 0 aliphatic rings. The number of aromatic nitrogens is 1. The summed E-state index contributed by atoms with van der Waals surface area (Å²) in [6.45, 7) is 4.61. The van der Waals surface area contributed by atoms with E-state index < -0.39 is 11.3 Å². The van der Waals surface area contributed by atoms with Crippen LogP contribution in [0.15, 0.2) is 39.6 Å². The van der Waals surface area contributed by atoms with E-state index in [-0.39, 0.29) is 10.9 Å². The van der Waals surface area contributed by atoms with Gasteiger partial charge in [0.15, 0.2) is 10.8 Å². The second-order valence-corrected chi connectivity index (χ2v) is 11.0. The van der Waals surface area contributed by atoms with Gasteiger partial charge in [0.2, 0.25) is 5.69 Å². The van der Waals surface area contributed by atoms with Gasteiger partial charge >= 0.3 is 5.56 Å². The highest BCUT2D eigenvalue weighted by Crippen LogP contribution is 2.61. The molecule has 0 unspecified atom stereocenters. The molecule has 2 rings (SSSR count). The van der Waals surface area contributed by atoms with Gasteiger partial charge in [0.1, 0.15) is 5.88 Å². The van der Waals surface area contributed by atoms with E-state index in [1.807, 2.05) is 44.2 Å². The third-order valence-corrected chi connectivity index (χ3v) is 8.42. The molecule has 0 fully saturated rings. The number of benzene rings is 1. The molecule has 0 saturated heterocycles. The Kier molecular flexibility index (Phi) is 6.95. The second kappa shape index (κ2) is 8.51. The first-order valence-corrected chi connectivity index (χ1v) is 11.6. The van der Waals surface area contributed by atoms with Crippen LogP contribution in [-0.4, -0.2) is 18.0 Å². The number of hydrogen-bond acceptors (Lipinski definition) is 6. The number of hydrogen-bond donors (Lipinski definition) is 0. The normalized spacial score (nSPS) is 11.8. The molecule has 1 heterocycles. The van der Waals surface area contributed by atoms with Crippen LogP contribution in [0.3, 0.4) is 0 Å². The van der Waals surface area contributed by atoms with E-state index in [0.29, 0.717) is 19.0 Å². The fraction of sp³-hybridized carbons (Fsp3) is 0.357. The predicted octanol–water partition coefficient (Wildman–Crippen LogP) is 4.75. The van der Waals surface area contributed by atoms with E-state index in [0.717, 1.165) is 5.56 Å². The lowest BCUT2D eigenvalue weighted by atomic mass is 10.2. The van der Waals surface area contributed by atoms with Gasteiger partial charge in [-0.25, -0.2) is 0 Å². The molecule has 0 bridgehead atoms. The van der Waals surface area contributed by atoms with E-state index in [1.165, 1.54) is 16.1 Å². The summed E-state index contributed by atoms with van der Waals surface area (Å²) in [6.07, 6.45) is 0. The maximum absolute atomic E-state index is 12.2. The van der Waals surface area contributed by atoms with E-state index >= 15 is 0 Å². The Morgan fingerprint density at radius 3 is 2.43 bits per heavy atom. The molecular formula is C14H17ClNO4PS2. The van der Waals surface area contributed by atoms with Crippen molar-refractivity contribution in [2.45, 2.75) is 19.7 Å². The van der Waals surface area contributed by atoms with Gasteiger partial charge in [0.25, 0.3) is 0 Å². The second-order valence-electron chi connectivity index (χ2n) is 4.33. The van der Waals surface area contributed by atoms with E-state index in [2.05, 4.69) is 0 Å². The lowest BCUT2D eigenvalue weighted by Crippen LogP contribution is -2.13. The maximum Gasteiger partial charge on any atom is 0.302 e. The summed E-state index contributed by atoms with van der Waals surface area (Å²) in [5.74, 6) is 0.529. The topological polar surface area (TPSA) is 53.6 Å². The van der Waals surface area contributed by atoms with Crippen molar-refractivity contribution in [2.75, 3.05) is 13.2 Å². The Bertz CT molecular complexity index is 737. The van der Waals surface area contributed by atoms with Gasteiger partial charge in [-0.1, -0.05) is 41.9 Å². The zero-order valence-corrected chi connectivity index (χ0v) is 16.0. The SMILES string of the molecule is CCOP(=S)(OCC)SCn1oc(-c2ccccc2)c(Cl)c1=O. The van der Waals surface area contributed by atoms with Crippen molar-refractivity contribution in [2.24, 2.45) is 0 Å². The molecule has 9 heteroatoms. The highest BCUT2D eigenvalue weighted by Gasteiger charge is 2.22. The Morgan fingerprint density at radius 2 is 1.87 bits per heavy atom. The van der Waals surface area contributed by atoms with Crippen LogP contribution in [0.4, 0.5) is 0 Å². The average Bonchev–Trinajstić information content (AvgIpc) is 2.83. The summed E-state index contributed by atoms with van der Waals surface area (Å²) in [6, 6.07) is 9.23. The summed E-state index contributed by atoms with van der Waals surface area (Å²) in [5, 5.41) is 0.0536. The first-order chi connectivity index (χ1) is 11.0. The third kappa shape index (κ3) is 4.72. The average molecular weight is 394 g/mol. The van der Waals surface area contributed by atoms with Crippen molar-refractivity contribution in [1.29, 1.82) is 0 Å². The van der Waals surface area contributed by atoms with Crippen LogP contribution in [0.25, 0.3) is 11.3 Å². The van der Waals surface area contributed by atoms with Gasteiger partial charge in [0.05, 0.1) is 13.2 Å². The summed E-state index contributed by atoms with van der Waals surface area (Å²) in [5.41, 5.74) is -2.15. The van der Waals surface area contributed by atoms with Crippen molar-refractivity contribution in [1.82, 2.24) is 4.74 Å². The van der Waals surface area contributed by atoms with Crippen LogP contribution in [-0.2, 0) is 26.7 Å². The molecule has 2 aromatic rings. The lowest BCUT2D eigenvalue weighted by Gasteiger charge is -2.19. The van der Waals surface area contributed by atoms with Crippen LogP contribution in [0.1, 0.15) is 13.8 Å². The fourth-order valence-corrected chi connectivity index (χ4v) is 6.19. The minimum atomic E-state index is -2.50. The molecule has 126 valence electrons. The molecule has 1 aromatic carbocycles. The Labute approximate surface area is 148 Å². The van der Waals surface area contributed by atoms with E-state index in [9.17, 15) is 4.79 Å². The quantitative estimate of drug-likeness (QED) is 0.603. The zero-order valence-electron chi connectivity index (χ0n) is 12.7. The molecule has 0 aliphatic carbocycles. The van der Waals surface area contributed by atoms with Crippen LogP contribution >= 0.6 is 28.7 Å². The highest BCUT2D eigenvalue weighted by atomic mass is 35.5. The zero-order chi connectivity index (χ0) is 16.9. The minimum Gasteiger partial charge on any atom is -0.373 e. The molecule has 5 nitrogen and oxygen atoms in total. The predicted molar refractivity (Wildman–Crippen MR) is 98.5 cm³/mol. The molecule has 0 radical (unpaired) electrons. The Hall–Kier alpha value is -0.560. The third-order valence-electron chi connectivity index (χ3n) is 2.76. The van der Waals surface area contributed by atoms with E-state index in [1.54, 1.807) is 0 Å². The van der Waals surface area contributed by atoms with Gasteiger partial charge in [-0.3, -0.25) is 4.79 Å². The van der Waals surface area contributed by atoms with Gasteiger partial charge < -0.3 is 13.6 Å². The van der Waals surface area contributed by atoms with Crippen LogP contribution in [0, 0.1) is 0 Å². The van der Waals surface area contributed by atoms with Gasteiger partial charge in [0, 0.05) is 5.56 Å². The summed E-state index contributed by atoms with van der Waals surface area (Å²) in [7, 11) is 0. The molecule has 0 aliphatic heterocycles. The van der Waals surface area contributed by atoms with Gasteiger partial charge in [-0.2, -0.15) is 4.74 Å². The molecule has 1 aromatic heterocycles. The van der Waals surface area contributed by atoms with Crippen molar-refractivity contribution < 1.29 is 13.6 Å². The molecule has 0 N–H and O–H groups in total. The lowest BCUT2D eigenvalue weighted by molar-refractivity contribution is 0.278. The minimum absolute atomic E-state index is 0.0536. The molecular weight excluding hydrogens is 377 g/mol. The van der Waals surface area contributed by atoms with Crippen LogP contribution in [0.5, 0.6) is 0 Å². The summed E-state index contributed by atoms with van der Waals surface area (Å²) in [4.78, 5) is 12.2. The standard InChI is InChI=1S/C14H17ClNO4PS2/c1-3-18-21(22,19-4-2)23-10-16-14(17)12(15)13(20-16)11-8-6-5-7-9-11/h5-9H,3-4,10H2,1-2H3. The first kappa shape index (κ1) is 18.8. The molecule has 0 spiro atoms. The van der Waals surface area contributed by atoms with Crippen molar-refractivity contribution in [3.8, 4) is 11.3 Å². The molecule has 0 atom stereocenters. The number of halogens is 1. The van der Waals surface area contributed by atoms with Gasteiger partial charge in [-0.05, 0) is 37.0 Å². The monoisotopic (exact) mass is 393 g/mol. The highest BCUT2D eigenvalue weighted by molar-refractivity contribution is 8.67. The molecule has 0 saturated carbocycles. The first-order valence-electron chi connectivity index (χ1n) is 6.99. The molecule has 0 amide bonds. The van der Waals surface area contributed by atoms with E-state index in [4.69, 9.17) is 37.0 Å².